The van der Waals surface area contributed by atoms with Crippen molar-refractivity contribution in [2.24, 2.45) is 0 Å². The van der Waals surface area contributed by atoms with E-state index in [4.69, 9.17) is 19.3 Å². The number of phosphoric acid groups is 1. The first-order valence-electron chi connectivity index (χ1n) is 19.9. The predicted octanol–water partition coefficient (Wildman–Crippen LogP) is 12.1. The van der Waals surface area contributed by atoms with E-state index in [0.717, 1.165) is 83.5 Å². The van der Waals surface area contributed by atoms with Crippen LogP contribution >= 0.6 is 7.82 Å². The maximum absolute atomic E-state index is 12.4. The molecule has 0 aromatic carbocycles. The van der Waals surface area contributed by atoms with Gasteiger partial charge in [-0.15, -0.1) is 0 Å². The van der Waals surface area contributed by atoms with Crippen molar-refractivity contribution < 1.29 is 37.9 Å². The maximum Gasteiger partial charge on any atom is 0.469 e. The van der Waals surface area contributed by atoms with Crippen molar-refractivity contribution in [1.82, 2.24) is 0 Å². The van der Waals surface area contributed by atoms with Gasteiger partial charge in [0.15, 0.2) is 6.10 Å². The maximum atomic E-state index is 12.4. The summed E-state index contributed by atoms with van der Waals surface area (Å²) in [5.41, 5.74) is 0. The number of rotatable bonds is 35. The van der Waals surface area contributed by atoms with Gasteiger partial charge in [0.1, 0.15) is 6.61 Å². The lowest BCUT2D eigenvalue weighted by Gasteiger charge is -2.18. The molecular formula is C43H71O8P. The van der Waals surface area contributed by atoms with Crippen LogP contribution in [0.25, 0.3) is 0 Å². The zero-order chi connectivity index (χ0) is 38.2. The molecule has 9 heteroatoms. The van der Waals surface area contributed by atoms with E-state index in [1.807, 2.05) is 0 Å². The molecule has 0 spiro atoms. The number of phosphoric ester groups is 1. The Balaban J connectivity index is 4.08. The summed E-state index contributed by atoms with van der Waals surface area (Å²) in [6.07, 6.45) is 50.1. The van der Waals surface area contributed by atoms with Gasteiger partial charge >= 0.3 is 19.8 Å². The topological polar surface area (TPSA) is 119 Å². The number of allylic oxidation sites excluding steroid dienone is 14. The molecule has 0 bridgehead atoms. The van der Waals surface area contributed by atoms with Gasteiger partial charge in [0.05, 0.1) is 6.61 Å². The van der Waals surface area contributed by atoms with Crippen LogP contribution in [-0.4, -0.2) is 41.0 Å². The van der Waals surface area contributed by atoms with Crippen LogP contribution in [0, 0.1) is 0 Å². The van der Waals surface area contributed by atoms with E-state index < -0.39 is 32.5 Å². The van der Waals surface area contributed by atoms with Crippen LogP contribution in [0.3, 0.4) is 0 Å². The molecule has 0 saturated carbocycles. The fourth-order valence-electron chi connectivity index (χ4n) is 4.90. The number of carbonyl (C=O) groups is 2. The third-order valence-corrected chi connectivity index (χ3v) is 8.35. The van der Waals surface area contributed by atoms with Crippen LogP contribution < -0.4 is 0 Å². The van der Waals surface area contributed by atoms with Gasteiger partial charge in [-0.2, -0.15) is 0 Å². The highest BCUT2D eigenvalue weighted by Gasteiger charge is 2.22. The molecule has 0 heterocycles. The first-order chi connectivity index (χ1) is 25.3. The Bertz CT molecular complexity index is 1110. The Morgan fingerprint density at radius 3 is 1.37 bits per heavy atom. The third-order valence-electron chi connectivity index (χ3n) is 7.87. The second-order valence-corrected chi connectivity index (χ2v) is 14.1. The summed E-state index contributed by atoms with van der Waals surface area (Å²) in [5, 5.41) is 0. The summed E-state index contributed by atoms with van der Waals surface area (Å²) >= 11 is 0. The Labute approximate surface area is 316 Å². The Morgan fingerprint density at radius 1 is 0.500 bits per heavy atom. The second-order valence-electron chi connectivity index (χ2n) is 12.9. The highest BCUT2D eigenvalue weighted by atomic mass is 31.2. The molecular weight excluding hydrogens is 675 g/mol. The van der Waals surface area contributed by atoms with E-state index in [9.17, 15) is 14.2 Å². The second kappa shape index (κ2) is 38.0. The normalized spacial score (nSPS) is 13.4. The number of hydrogen-bond donors (Lipinski definition) is 2. The zero-order valence-electron chi connectivity index (χ0n) is 32.4. The Kier molecular flexibility index (Phi) is 35.9. The molecule has 0 unspecified atom stereocenters. The van der Waals surface area contributed by atoms with Gasteiger partial charge in [-0.1, -0.05) is 137 Å². The van der Waals surface area contributed by atoms with Crippen molar-refractivity contribution in [3.05, 3.63) is 85.1 Å². The third kappa shape index (κ3) is 40.0. The molecule has 0 saturated heterocycles. The Morgan fingerprint density at radius 2 is 0.904 bits per heavy atom. The molecule has 1 atom stereocenters. The lowest BCUT2D eigenvalue weighted by molar-refractivity contribution is -0.161. The number of ether oxygens (including phenoxy) is 2. The van der Waals surface area contributed by atoms with Crippen LogP contribution in [0.5, 0.6) is 0 Å². The number of unbranched alkanes of at least 4 members (excludes halogenated alkanes) is 11. The van der Waals surface area contributed by atoms with Gasteiger partial charge in [0, 0.05) is 12.8 Å². The van der Waals surface area contributed by atoms with Crippen molar-refractivity contribution in [3.8, 4) is 0 Å². The van der Waals surface area contributed by atoms with E-state index >= 15 is 0 Å². The molecule has 0 aliphatic carbocycles. The monoisotopic (exact) mass is 746 g/mol. The van der Waals surface area contributed by atoms with Gasteiger partial charge in [0.25, 0.3) is 0 Å². The molecule has 0 fully saturated rings. The average molecular weight is 747 g/mol. The summed E-state index contributed by atoms with van der Waals surface area (Å²) in [6.45, 7) is 3.52. The van der Waals surface area contributed by atoms with Crippen molar-refractivity contribution in [1.29, 1.82) is 0 Å². The van der Waals surface area contributed by atoms with Crippen LogP contribution in [0.4, 0.5) is 0 Å². The molecule has 0 aliphatic heterocycles. The number of carbonyl (C=O) groups excluding carboxylic acids is 2. The molecule has 0 aromatic heterocycles. The van der Waals surface area contributed by atoms with Crippen molar-refractivity contribution in [3.63, 3.8) is 0 Å². The summed E-state index contributed by atoms with van der Waals surface area (Å²) in [7, 11) is -4.77. The van der Waals surface area contributed by atoms with Gasteiger partial charge < -0.3 is 19.3 Å². The SMILES string of the molecule is CCC/C=C/C/C=C/C/C=C/C/C=C/CCCCCC(=O)O[C@H](COC(=O)CCCCCC/C=C/C/C=C/C/C=C/CCCCC)COP(=O)(O)O. The van der Waals surface area contributed by atoms with Crippen LogP contribution in [0.2, 0.25) is 0 Å². The first kappa shape index (κ1) is 49.2. The largest absolute Gasteiger partial charge is 0.469 e. The van der Waals surface area contributed by atoms with Gasteiger partial charge in [-0.25, -0.2) is 4.57 Å². The summed E-state index contributed by atoms with van der Waals surface area (Å²) < 4.78 is 26.3. The minimum Gasteiger partial charge on any atom is -0.462 e. The van der Waals surface area contributed by atoms with Crippen molar-refractivity contribution >= 4 is 19.8 Å². The van der Waals surface area contributed by atoms with E-state index in [2.05, 4.69) is 103 Å². The van der Waals surface area contributed by atoms with E-state index in [1.54, 1.807) is 0 Å². The van der Waals surface area contributed by atoms with E-state index in [-0.39, 0.29) is 19.4 Å². The molecule has 52 heavy (non-hydrogen) atoms. The smallest absolute Gasteiger partial charge is 0.462 e. The Hall–Kier alpha value is -2.77. The molecule has 8 nitrogen and oxygen atoms in total. The van der Waals surface area contributed by atoms with Crippen LogP contribution in [0.1, 0.15) is 155 Å². The van der Waals surface area contributed by atoms with Crippen molar-refractivity contribution in [2.75, 3.05) is 13.2 Å². The lowest BCUT2D eigenvalue weighted by Crippen LogP contribution is -2.29. The summed E-state index contributed by atoms with van der Waals surface area (Å²) in [5.74, 6) is -0.955. The molecule has 296 valence electrons. The molecule has 0 amide bonds. The molecule has 2 N–H and O–H groups in total. The number of esters is 2. The highest BCUT2D eigenvalue weighted by Crippen LogP contribution is 2.36. The van der Waals surface area contributed by atoms with Crippen molar-refractivity contribution in [2.45, 2.75) is 161 Å². The lowest BCUT2D eigenvalue weighted by atomic mass is 10.1. The highest BCUT2D eigenvalue weighted by molar-refractivity contribution is 7.46. The molecule has 0 rings (SSSR count). The van der Waals surface area contributed by atoms with E-state index in [0.29, 0.717) is 12.8 Å². The van der Waals surface area contributed by atoms with Gasteiger partial charge in [-0.3, -0.25) is 14.1 Å². The minimum atomic E-state index is -4.77. The minimum absolute atomic E-state index is 0.164. The number of hydrogen-bond acceptors (Lipinski definition) is 6. The molecule has 0 aliphatic rings. The molecule has 0 radical (unpaired) electrons. The summed E-state index contributed by atoms with van der Waals surface area (Å²) in [4.78, 5) is 42.8. The first-order valence-corrected chi connectivity index (χ1v) is 21.4. The fraction of sp³-hybridized carbons (Fsp3) is 0.628. The van der Waals surface area contributed by atoms with E-state index in [1.165, 1.54) is 32.1 Å². The average Bonchev–Trinajstić information content (AvgIpc) is 3.11. The van der Waals surface area contributed by atoms with Crippen LogP contribution in [-0.2, 0) is 28.2 Å². The van der Waals surface area contributed by atoms with Gasteiger partial charge in [-0.05, 0) is 89.9 Å². The predicted molar refractivity (Wildman–Crippen MR) is 216 cm³/mol. The quantitative estimate of drug-likeness (QED) is 0.0285. The fourth-order valence-corrected chi connectivity index (χ4v) is 5.26. The summed E-state index contributed by atoms with van der Waals surface area (Å²) in [6, 6.07) is 0. The molecule has 0 aromatic rings. The van der Waals surface area contributed by atoms with Crippen LogP contribution in [0.15, 0.2) is 85.1 Å². The zero-order valence-corrected chi connectivity index (χ0v) is 33.3. The standard InChI is InChI=1S/C43H71O8P/c1-3-5-7-9-11-13-15-17-19-21-23-25-27-29-31-33-35-37-42(44)49-39-41(40-50-52(46,47)48)51-43(45)38-36-34-32-30-28-26-24-22-20-18-16-14-12-10-8-6-4-2/h8,10-11,13-14,16-17,19-20,22-23,25-26,28,41H,3-7,9,12,15,18,21,24,27,29-40H2,1-2H3,(H2,46,47,48)/b10-8+,13-11+,16-14+,19-17+,22-20+,25-23+,28-26+/t41-/m1/s1. The van der Waals surface area contributed by atoms with Gasteiger partial charge in [0.2, 0.25) is 0 Å².